The van der Waals surface area contributed by atoms with Crippen molar-refractivity contribution in [2.24, 2.45) is 0 Å². The van der Waals surface area contributed by atoms with Crippen LogP contribution in [0.2, 0.25) is 10.0 Å². The van der Waals surface area contributed by atoms with Gasteiger partial charge in [0.05, 0.1) is 28.3 Å². The molecule has 1 atom stereocenters. The number of rotatable bonds is 7. The number of nitrogens with zero attached hydrogens (tertiary/aromatic N) is 5. The number of carbonyl (C=O) groups excluding carboxylic acids is 1. The van der Waals surface area contributed by atoms with E-state index in [4.69, 9.17) is 28.9 Å². The van der Waals surface area contributed by atoms with Gasteiger partial charge in [0.25, 0.3) is 0 Å². The minimum Gasteiger partial charge on any atom is -0.368 e. The Bertz CT molecular complexity index is 796. The molecule has 0 aliphatic rings. The van der Waals surface area contributed by atoms with Crippen molar-refractivity contribution < 1.29 is 4.79 Å². The Labute approximate surface area is 168 Å². The Balaban J connectivity index is 2.15. The number of amides is 1. The molecule has 0 aliphatic carbocycles. The van der Waals surface area contributed by atoms with E-state index >= 15 is 0 Å². The van der Waals surface area contributed by atoms with Crippen LogP contribution in [0.1, 0.15) is 25.7 Å². The molecule has 1 amide bonds. The molecule has 2 rings (SSSR count). The Kier molecular flexibility index (Phi) is 7.18. The van der Waals surface area contributed by atoms with Gasteiger partial charge in [-0.2, -0.15) is 15.0 Å². The number of nitrogen functional groups attached to an aromatic ring is 1. The van der Waals surface area contributed by atoms with Crippen LogP contribution in [0.4, 0.5) is 17.6 Å². The summed E-state index contributed by atoms with van der Waals surface area (Å²) >= 11 is 12.2. The molecule has 8 nitrogen and oxygen atoms in total. The van der Waals surface area contributed by atoms with Crippen LogP contribution < -0.4 is 16.0 Å². The first kappa shape index (κ1) is 21.1. The van der Waals surface area contributed by atoms with E-state index in [1.165, 1.54) is 0 Å². The van der Waals surface area contributed by atoms with Crippen LogP contribution in [0, 0.1) is 0 Å². The van der Waals surface area contributed by atoms with Gasteiger partial charge >= 0.3 is 0 Å². The van der Waals surface area contributed by atoms with Crippen molar-refractivity contribution in [2.75, 3.05) is 43.1 Å². The molecular weight excluding hydrogens is 389 g/mol. The second-order valence-corrected chi connectivity index (χ2v) is 6.94. The Morgan fingerprint density at radius 1 is 1.22 bits per heavy atom. The lowest BCUT2D eigenvalue weighted by Gasteiger charge is -2.26. The lowest BCUT2D eigenvalue weighted by Crippen LogP contribution is -2.36. The zero-order valence-corrected chi connectivity index (χ0v) is 17.2. The number of hydrogen-bond donors (Lipinski definition) is 2. The van der Waals surface area contributed by atoms with E-state index in [1.54, 1.807) is 23.1 Å². The summed E-state index contributed by atoms with van der Waals surface area (Å²) in [5, 5.41) is 3.52. The molecule has 0 saturated heterocycles. The fourth-order valence-corrected chi connectivity index (χ4v) is 2.94. The summed E-state index contributed by atoms with van der Waals surface area (Å²) in [6, 6.07) is 4.81. The van der Waals surface area contributed by atoms with Crippen LogP contribution in [0.25, 0.3) is 0 Å². The number of likely N-dealkylation sites (N-methyl/N-ethyl adjacent to an activating group) is 1. The zero-order valence-electron chi connectivity index (χ0n) is 15.7. The molecule has 146 valence electrons. The fraction of sp³-hybridized carbons (Fsp3) is 0.412. The van der Waals surface area contributed by atoms with E-state index in [0.29, 0.717) is 34.1 Å². The van der Waals surface area contributed by atoms with Crippen molar-refractivity contribution >= 4 is 46.7 Å². The van der Waals surface area contributed by atoms with Gasteiger partial charge in [0.1, 0.15) is 0 Å². The van der Waals surface area contributed by atoms with Crippen LogP contribution in [-0.2, 0) is 4.79 Å². The third kappa shape index (κ3) is 5.41. The van der Waals surface area contributed by atoms with E-state index in [-0.39, 0.29) is 24.4 Å². The first-order valence-electron chi connectivity index (χ1n) is 8.39. The fourth-order valence-electron chi connectivity index (χ4n) is 2.45. The third-order valence-electron chi connectivity index (χ3n) is 3.96. The molecule has 1 aromatic carbocycles. The van der Waals surface area contributed by atoms with Crippen molar-refractivity contribution in [1.82, 2.24) is 19.9 Å². The van der Waals surface area contributed by atoms with Crippen molar-refractivity contribution in [2.45, 2.75) is 19.9 Å². The highest BCUT2D eigenvalue weighted by atomic mass is 35.5. The minimum absolute atomic E-state index is 0.113. The molecular formula is C17H23Cl2N7O. The Morgan fingerprint density at radius 2 is 1.85 bits per heavy atom. The summed E-state index contributed by atoms with van der Waals surface area (Å²) in [6.45, 7) is 4.58. The molecule has 0 radical (unpaired) electrons. The molecule has 0 fully saturated rings. The third-order valence-corrected chi connectivity index (χ3v) is 4.59. The summed E-state index contributed by atoms with van der Waals surface area (Å²) in [5.41, 5.74) is 6.19. The van der Waals surface area contributed by atoms with Gasteiger partial charge in [0, 0.05) is 14.1 Å². The number of aromatic nitrogens is 3. The van der Waals surface area contributed by atoms with E-state index in [0.717, 1.165) is 0 Å². The van der Waals surface area contributed by atoms with Gasteiger partial charge < -0.3 is 16.0 Å². The number of carbonyl (C=O) groups is 1. The monoisotopic (exact) mass is 411 g/mol. The average Bonchev–Trinajstić information content (AvgIpc) is 2.61. The SMILES string of the molecule is CCN(CC(=O)Nc1c(Cl)cccc1Cl)C(C)c1nc(N)nc(N(C)C)n1. The molecule has 0 bridgehead atoms. The largest absolute Gasteiger partial charge is 0.368 e. The topological polar surface area (TPSA) is 100 Å². The zero-order chi connectivity index (χ0) is 20.1. The van der Waals surface area contributed by atoms with Gasteiger partial charge in [-0.3, -0.25) is 9.69 Å². The predicted molar refractivity (Wildman–Crippen MR) is 109 cm³/mol. The van der Waals surface area contributed by atoms with Crippen LogP contribution in [-0.4, -0.2) is 52.9 Å². The lowest BCUT2D eigenvalue weighted by molar-refractivity contribution is -0.117. The maximum atomic E-state index is 12.5. The Morgan fingerprint density at radius 3 is 2.41 bits per heavy atom. The molecule has 1 unspecified atom stereocenters. The van der Waals surface area contributed by atoms with Crippen molar-refractivity contribution in [3.63, 3.8) is 0 Å². The molecule has 1 heterocycles. The van der Waals surface area contributed by atoms with E-state index in [1.807, 2.05) is 32.8 Å². The van der Waals surface area contributed by atoms with E-state index < -0.39 is 0 Å². The maximum absolute atomic E-state index is 12.5. The highest BCUT2D eigenvalue weighted by Gasteiger charge is 2.22. The van der Waals surface area contributed by atoms with E-state index in [9.17, 15) is 4.79 Å². The van der Waals surface area contributed by atoms with Gasteiger partial charge in [0.2, 0.25) is 17.8 Å². The number of anilines is 3. The average molecular weight is 412 g/mol. The maximum Gasteiger partial charge on any atom is 0.238 e. The summed E-state index contributed by atoms with van der Waals surface area (Å²) in [5.74, 6) is 0.858. The second-order valence-electron chi connectivity index (χ2n) is 6.13. The standard InChI is InChI=1S/C17H23Cl2N7O/c1-5-26(9-13(27)21-14-11(18)7-6-8-12(14)19)10(2)15-22-16(20)24-17(23-15)25(3)4/h6-8,10H,5,9H2,1-4H3,(H,21,27)(H2,20,22,23,24). The molecule has 1 aromatic heterocycles. The molecule has 10 heteroatoms. The van der Waals surface area contributed by atoms with Crippen LogP contribution >= 0.6 is 23.2 Å². The number of halogens is 2. The van der Waals surface area contributed by atoms with Gasteiger partial charge in [-0.25, -0.2) is 0 Å². The molecule has 3 N–H and O–H groups in total. The van der Waals surface area contributed by atoms with Crippen molar-refractivity contribution in [1.29, 1.82) is 0 Å². The summed E-state index contributed by atoms with van der Waals surface area (Å²) < 4.78 is 0. The molecule has 0 spiro atoms. The summed E-state index contributed by atoms with van der Waals surface area (Å²) in [6.07, 6.45) is 0. The first-order valence-corrected chi connectivity index (χ1v) is 9.15. The number of para-hydroxylation sites is 1. The normalized spacial score (nSPS) is 12.1. The van der Waals surface area contributed by atoms with Gasteiger partial charge in [-0.15, -0.1) is 0 Å². The van der Waals surface area contributed by atoms with Crippen molar-refractivity contribution in [3.05, 3.63) is 34.1 Å². The highest BCUT2D eigenvalue weighted by molar-refractivity contribution is 6.39. The smallest absolute Gasteiger partial charge is 0.238 e. The summed E-state index contributed by atoms with van der Waals surface area (Å²) in [7, 11) is 3.64. The molecule has 27 heavy (non-hydrogen) atoms. The number of nitrogens with two attached hydrogens (primary N) is 1. The van der Waals surface area contributed by atoms with E-state index in [2.05, 4.69) is 20.3 Å². The molecule has 2 aromatic rings. The molecule has 0 aliphatic heterocycles. The molecule has 0 saturated carbocycles. The van der Waals surface area contributed by atoms with Gasteiger partial charge in [-0.05, 0) is 25.6 Å². The number of hydrogen-bond acceptors (Lipinski definition) is 7. The van der Waals surface area contributed by atoms with Crippen LogP contribution in [0.15, 0.2) is 18.2 Å². The predicted octanol–water partition coefficient (Wildman–Crippen LogP) is 2.85. The minimum atomic E-state index is -0.244. The highest BCUT2D eigenvalue weighted by Crippen LogP contribution is 2.30. The number of nitrogens with one attached hydrogen (secondary N) is 1. The first-order chi connectivity index (χ1) is 12.7. The lowest BCUT2D eigenvalue weighted by atomic mass is 10.2. The van der Waals surface area contributed by atoms with Crippen LogP contribution in [0.3, 0.4) is 0 Å². The number of benzene rings is 1. The Hall–Kier alpha value is -2.16. The van der Waals surface area contributed by atoms with Crippen LogP contribution in [0.5, 0.6) is 0 Å². The summed E-state index contributed by atoms with van der Waals surface area (Å²) in [4.78, 5) is 28.9. The van der Waals surface area contributed by atoms with Gasteiger partial charge in [-0.1, -0.05) is 36.2 Å². The second kappa shape index (κ2) is 9.16. The quantitative estimate of drug-likeness (QED) is 0.721. The van der Waals surface area contributed by atoms with Crippen molar-refractivity contribution in [3.8, 4) is 0 Å². The van der Waals surface area contributed by atoms with Gasteiger partial charge in [0.15, 0.2) is 5.82 Å².